The second-order valence-electron chi connectivity index (χ2n) is 16.1. The van der Waals surface area contributed by atoms with Gasteiger partial charge in [0.15, 0.2) is 6.29 Å². The van der Waals surface area contributed by atoms with Gasteiger partial charge >= 0.3 is 6.03 Å². The van der Waals surface area contributed by atoms with Crippen molar-refractivity contribution in [2.45, 2.75) is 102 Å². The van der Waals surface area contributed by atoms with Crippen LogP contribution >= 0.6 is 0 Å². The van der Waals surface area contributed by atoms with Crippen LogP contribution in [0.4, 0.5) is 4.79 Å². The Hall–Kier alpha value is -3.27. The summed E-state index contributed by atoms with van der Waals surface area (Å²) < 4.78 is 13.4. The van der Waals surface area contributed by atoms with Crippen LogP contribution in [0.2, 0.25) is 0 Å². The second kappa shape index (κ2) is 14.4. The van der Waals surface area contributed by atoms with Crippen molar-refractivity contribution in [3.63, 3.8) is 0 Å². The van der Waals surface area contributed by atoms with Crippen LogP contribution in [0.15, 0.2) is 72.8 Å². The van der Waals surface area contributed by atoms with E-state index in [1.165, 1.54) is 19.3 Å². The Morgan fingerprint density at radius 1 is 0.860 bits per heavy atom. The fourth-order valence-corrected chi connectivity index (χ4v) is 10.3. The Bertz CT molecular complexity index is 1590. The molecule has 8 heteroatoms. The lowest BCUT2D eigenvalue weighted by Gasteiger charge is -2.56. The highest BCUT2D eigenvalue weighted by Gasteiger charge is 2.51. The number of hydrogen-bond acceptors (Lipinski definition) is 6. The van der Waals surface area contributed by atoms with Crippen molar-refractivity contribution in [3.8, 4) is 11.1 Å². The van der Waals surface area contributed by atoms with Crippen LogP contribution in [-0.2, 0) is 22.6 Å². The smallest absolute Gasteiger partial charge is 0.315 e. The van der Waals surface area contributed by atoms with Crippen LogP contribution < -0.4 is 10.6 Å². The van der Waals surface area contributed by atoms with Crippen LogP contribution in [0, 0.1) is 23.7 Å². The summed E-state index contributed by atoms with van der Waals surface area (Å²) in [5.41, 5.74) is 6.17. The summed E-state index contributed by atoms with van der Waals surface area (Å²) in [5, 5.41) is 26.2. The lowest BCUT2D eigenvalue weighted by molar-refractivity contribution is -0.276. The molecule has 4 saturated carbocycles. The minimum atomic E-state index is -0.536. The number of urea groups is 1. The zero-order valence-corrected chi connectivity index (χ0v) is 29.3. The largest absolute Gasteiger partial charge is 0.395 e. The van der Waals surface area contributed by atoms with Gasteiger partial charge in [0.1, 0.15) is 0 Å². The van der Waals surface area contributed by atoms with Crippen molar-refractivity contribution in [2.75, 3.05) is 19.7 Å². The molecule has 3 aromatic rings. The van der Waals surface area contributed by atoms with Crippen molar-refractivity contribution < 1.29 is 24.5 Å². The SMILES string of the molecule is C[C@@H]1[C@H](CN2CCC[C@H]2CO)O[C@H](c2ccc(-c3cccc(CNC(=O)NC45CC6CC(CC(C6)C4)C5)c3)cc2)O[C@@H]1c1ccc(CO)cc1. The summed E-state index contributed by atoms with van der Waals surface area (Å²) in [6.45, 7) is 4.57. The Kier molecular flexibility index (Phi) is 9.74. The highest BCUT2D eigenvalue weighted by molar-refractivity contribution is 5.75. The van der Waals surface area contributed by atoms with Gasteiger partial charge in [-0.2, -0.15) is 0 Å². The number of nitrogens with zero attached hydrogens (tertiary/aromatic N) is 1. The fourth-order valence-electron chi connectivity index (χ4n) is 10.3. The van der Waals surface area contributed by atoms with E-state index in [0.717, 1.165) is 96.3 Å². The van der Waals surface area contributed by atoms with Crippen LogP contribution in [0.3, 0.4) is 0 Å². The van der Waals surface area contributed by atoms with Gasteiger partial charge in [0, 0.05) is 36.2 Å². The van der Waals surface area contributed by atoms with Crippen LogP contribution in [0.1, 0.15) is 92.9 Å². The highest BCUT2D eigenvalue weighted by Crippen LogP contribution is 2.55. The molecule has 50 heavy (non-hydrogen) atoms. The van der Waals surface area contributed by atoms with E-state index in [2.05, 4.69) is 83.1 Å². The number of carbonyl (C=O) groups is 1. The lowest BCUT2D eigenvalue weighted by atomic mass is 9.53. The molecule has 8 nitrogen and oxygen atoms in total. The van der Waals surface area contributed by atoms with Gasteiger partial charge in [0.05, 0.1) is 25.4 Å². The first-order valence-electron chi connectivity index (χ1n) is 19.0. The molecule has 2 saturated heterocycles. The monoisotopic (exact) mass is 679 g/mol. The van der Waals surface area contributed by atoms with Crippen molar-refractivity contribution in [1.29, 1.82) is 0 Å². The summed E-state index contributed by atoms with van der Waals surface area (Å²) >= 11 is 0. The van der Waals surface area contributed by atoms with E-state index < -0.39 is 6.29 Å². The van der Waals surface area contributed by atoms with E-state index in [4.69, 9.17) is 9.47 Å². The van der Waals surface area contributed by atoms with Gasteiger partial charge in [-0.15, -0.1) is 0 Å². The van der Waals surface area contributed by atoms with Crippen molar-refractivity contribution in [2.24, 2.45) is 23.7 Å². The molecule has 0 radical (unpaired) electrons. The number of hydrogen-bond donors (Lipinski definition) is 4. The molecular weight excluding hydrogens is 626 g/mol. The van der Waals surface area contributed by atoms with E-state index in [9.17, 15) is 15.0 Å². The standard InChI is InChI=1S/C42H53N3O5/c1-27-38(24-45-15-3-6-37(45)26-47)49-40(50-39(27)34-9-7-28(25-46)8-10-34)35-13-11-33(12-14-35)36-5-2-4-29(19-36)23-43-41(48)44-42-20-30-16-31(21-42)18-32(17-30)22-42/h2,4-5,7-14,19,27,30-32,37-40,46-47H,3,6,15-18,20-26H2,1H3,(H2,43,44,48)/t27-,30?,31?,32?,37+,38+,39+,40+,42?/m1/s1. The molecule has 2 heterocycles. The number of benzene rings is 3. The maximum absolute atomic E-state index is 13.1. The number of aliphatic hydroxyl groups is 2. The first kappa shape index (κ1) is 33.9. The summed E-state index contributed by atoms with van der Waals surface area (Å²) in [7, 11) is 0. The molecular formula is C42H53N3O5. The number of aliphatic hydroxyl groups excluding tert-OH is 2. The summed E-state index contributed by atoms with van der Waals surface area (Å²) in [4.78, 5) is 15.5. The summed E-state index contributed by atoms with van der Waals surface area (Å²) in [6.07, 6.45) is 8.85. The molecule has 5 atom stereocenters. The maximum Gasteiger partial charge on any atom is 0.315 e. The first-order valence-corrected chi connectivity index (χ1v) is 19.0. The van der Waals surface area contributed by atoms with Gasteiger partial charge in [-0.3, -0.25) is 4.90 Å². The Labute approximate surface area is 296 Å². The van der Waals surface area contributed by atoms with Gasteiger partial charge < -0.3 is 30.3 Å². The van der Waals surface area contributed by atoms with Gasteiger partial charge in [-0.1, -0.05) is 73.7 Å². The van der Waals surface area contributed by atoms with Gasteiger partial charge in [0.2, 0.25) is 0 Å². The number of amides is 2. The minimum Gasteiger partial charge on any atom is -0.395 e. The molecule has 9 rings (SSSR count). The average Bonchev–Trinajstić information content (AvgIpc) is 3.58. The van der Waals surface area contributed by atoms with E-state index in [1.54, 1.807) is 0 Å². The third kappa shape index (κ3) is 7.10. The predicted octanol–water partition coefficient (Wildman–Crippen LogP) is 6.86. The second-order valence-corrected chi connectivity index (χ2v) is 16.1. The Morgan fingerprint density at radius 2 is 1.56 bits per heavy atom. The molecule has 266 valence electrons. The van der Waals surface area contributed by atoms with E-state index in [0.29, 0.717) is 6.54 Å². The van der Waals surface area contributed by atoms with Crippen molar-refractivity contribution in [1.82, 2.24) is 15.5 Å². The molecule has 4 aliphatic carbocycles. The summed E-state index contributed by atoms with van der Waals surface area (Å²) in [5.74, 6) is 2.49. The normalized spacial score (nSPS) is 33.4. The number of carbonyl (C=O) groups excluding carboxylic acids is 1. The van der Waals surface area contributed by atoms with Crippen molar-refractivity contribution >= 4 is 6.03 Å². The van der Waals surface area contributed by atoms with Gasteiger partial charge in [-0.25, -0.2) is 4.79 Å². The minimum absolute atomic E-state index is 0.00678. The number of likely N-dealkylation sites (tertiary alicyclic amines) is 1. The van der Waals surface area contributed by atoms with Crippen molar-refractivity contribution in [3.05, 3.63) is 95.1 Å². The molecule has 0 unspecified atom stereocenters. The lowest BCUT2D eigenvalue weighted by Crippen LogP contribution is -2.61. The molecule has 2 aliphatic heterocycles. The van der Waals surface area contributed by atoms with Gasteiger partial charge in [0.25, 0.3) is 0 Å². The van der Waals surface area contributed by atoms with Gasteiger partial charge in [-0.05, 0) is 110 Å². The molecule has 0 aromatic heterocycles. The maximum atomic E-state index is 13.1. The Balaban J connectivity index is 0.939. The van der Waals surface area contributed by atoms with Crippen LogP contribution in [-0.4, -0.2) is 58.5 Å². The fraction of sp³-hybridized carbons (Fsp3) is 0.548. The topological polar surface area (TPSA) is 103 Å². The third-order valence-corrected chi connectivity index (χ3v) is 12.6. The molecule has 6 fully saturated rings. The zero-order valence-electron chi connectivity index (χ0n) is 29.3. The molecule has 3 aromatic carbocycles. The first-order chi connectivity index (χ1) is 24.4. The highest BCUT2D eigenvalue weighted by atomic mass is 16.7. The average molecular weight is 680 g/mol. The number of rotatable bonds is 10. The number of nitrogens with one attached hydrogen (secondary N) is 2. The van der Waals surface area contributed by atoms with Crippen LogP contribution in [0.5, 0.6) is 0 Å². The predicted molar refractivity (Wildman–Crippen MR) is 193 cm³/mol. The van der Waals surface area contributed by atoms with E-state index >= 15 is 0 Å². The summed E-state index contributed by atoms with van der Waals surface area (Å²) in [6, 6.07) is 25.0. The number of ether oxygens (including phenoxy) is 2. The molecule has 2 amide bonds. The van der Waals surface area contributed by atoms with E-state index in [-0.39, 0.29) is 49.0 Å². The molecule has 4 N–H and O–H groups in total. The molecule has 4 bridgehead atoms. The quantitative estimate of drug-likeness (QED) is 0.187. The molecule has 0 spiro atoms. The molecule has 6 aliphatic rings. The van der Waals surface area contributed by atoms with Crippen LogP contribution in [0.25, 0.3) is 11.1 Å². The third-order valence-electron chi connectivity index (χ3n) is 12.6. The van der Waals surface area contributed by atoms with E-state index in [1.807, 2.05) is 12.1 Å². The Morgan fingerprint density at radius 3 is 2.24 bits per heavy atom. The zero-order chi connectivity index (χ0) is 34.2.